The Balaban J connectivity index is 2.05. The number of piperazine rings is 1. The van der Waals surface area contributed by atoms with Crippen molar-refractivity contribution in [3.63, 3.8) is 0 Å². The molecule has 1 N–H and O–H groups in total. The van der Waals surface area contributed by atoms with Crippen molar-refractivity contribution in [2.75, 3.05) is 26.2 Å². The second-order valence-electron chi connectivity index (χ2n) is 4.43. The lowest BCUT2D eigenvalue weighted by atomic mass is 10.1. The number of carbonyl (C=O) groups excluding carboxylic acids is 1. The van der Waals surface area contributed by atoms with E-state index in [1.807, 2.05) is 19.1 Å². The Morgan fingerprint density at radius 3 is 3.26 bits per heavy atom. The second kappa shape index (κ2) is 6.84. The summed E-state index contributed by atoms with van der Waals surface area (Å²) in [4.78, 5) is 18.0. The normalized spacial score (nSPS) is 20.2. The van der Waals surface area contributed by atoms with Crippen molar-refractivity contribution in [2.24, 2.45) is 0 Å². The second-order valence-corrected chi connectivity index (χ2v) is 4.82. The zero-order valence-corrected chi connectivity index (χ0v) is 11.7. The Hall–Kier alpha value is -1.17. The van der Waals surface area contributed by atoms with E-state index in [1.165, 1.54) is 0 Å². The summed E-state index contributed by atoms with van der Waals surface area (Å²) >= 11 is 5.88. The van der Waals surface area contributed by atoms with E-state index >= 15 is 0 Å². The molecule has 1 aromatic heterocycles. The molecule has 0 amide bonds. The predicted octanol–water partition coefficient (Wildman–Crippen LogP) is 1.07. The molecule has 19 heavy (non-hydrogen) atoms. The van der Waals surface area contributed by atoms with Gasteiger partial charge in [0.1, 0.15) is 11.2 Å². The summed E-state index contributed by atoms with van der Waals surface area (Å²) in [6, 6.07) is 3.50. The quantitative estimate of drug-likeness (QED) is 0.662. The van der Waals surface area contributed by atoms with Gasteiger partial charge in [-0.1, -0.05) is 11.6 Å². The van der Waals surface area contributed by atoms with Gasteiger partial charge in [0.25, 0.3) is 0 Å². The Kier molecular flexibility index (Phi) is 5.13. The first-order valence-electron chi connectivity index (χ1n) is 6.42. The van der Waals surface area contributed by atoms with E-state index in [9.17, 15) is 4.79 Å². The topological polar surface area (TPSA) is 54.5 Å². The highest BCUT2D eigenvalue weighted by Gasteiger charge is 2.29. The van der Waals surface area contributed by atoms with Crippen LogP contribution < -0.4 is 5.32 Å². The number of esters is 1. The van der Waals surface area contributed by atoms with Crippen molar-refractivity contribution < 1.29 is 9.53 Å². The first-order valence-corrected chi connectivity index (χ1v) is 6.80. The third-order valence-corrected chi connectivity index (χ3v) is 3.30. The molecule has 1 unspecified atom stereocenters. The summed E-state index contributed by atoms with van der Waals surface area (Å²) in [5, 5.41) is 3.69. The number of hydrogen-bond acceptors (Lipinski definition) is 5. The minimum atomic E-state index is -0.236. The van der Waals surface area contributed by atoms with Gasteiger partial charge in [-0.15, -0.1) is 0 Å². The van der Waals surface area contributed by atoms with Gasteiger partial charge in [0.2, 0.25) is 0 Å². The van der Waals surface area contributed by atoms with Crippen LogP contribution in [0.2, 0.25) is 5.15 Å². The smallest absolute Gasteiger partial charge is 0.324 e. The van der Waals surface area contributed by atoms with Crippen molar-refractivity contribution in [3.8, 4) is 0 Å². The minimum absolute atomic E-state index is 0.171. The number of halogens is 1. The molecule has 5 nitrogen and oxygen atoms in total. The maximum atomic E-state index is 11.9. The van der Waals surface area contributed by atoms with E-state index in [-0.39, 0.29) is 12.0 Å². The summed E-state index contributed by atoms with van der Waals surface area (Å²) in [6.07, 6.45) is 1.68. The molecule has 1 atom stereocenters. The number of nitrogens with zero attached hydrogens (tertiary/aromatic N) is 2. The fourth-order valence-electron chi connectivity index (χ4n) is 2.18. The zero-order chi connectivity index (χ0) is 13.7. The number of pyridine rings is 1. The van der Waals surface area contributed by atoms with Crippen LogP contribution in [0.25, 0.3) is 0 Å². The van der Waals surface area contributed by atoms with Gasteiger partial charge in [0.05, 0.1) is 6.61 Å². The lowest BCUT2D eigenvalue weighted by Crippen LogP contribution is -2.54. The van der Waals surface area contributed by atoms with Gasteiger partial charge in [-0.3, -0.25) is 9.69 Å². The Morgan fingerprint density at radius 2 is 2.53 bits per heavy atom. The lowest BCUT2D eigenvalue weighted by Gasteiger charge is -2.34. The van der Waals surface area contributed by atoms with E-state index in [1.54, 1.807) is 6.20 Å². The molecule has 0 aromatic carbocycles. The lowest BCUT2D eigenvalue weighted by molar-refractivity contribution is -0.150. The number of aromatic nitrogens is 1. The van der Waals surface area contributed by atoms with E-state index in [2.05, 4.69) is 15.2 Å². The molecule has 6 heteroatoms. The van der Waals surface area contributed by atoms with E-state index < -0.39 is 0 Å². The molecular weight excluding hydrogens is 266 g/mol. The standard InChI is InChI=1S/C13H18ClN3O2/c1-2-19-13(18)11-8-15-5-6-17(11)9-10-3-4-16-12(14)7-10/h3-4,7,11,15H,2,5-6,8-9H2,1H3. The number of ether oxygens (including phenoxy) is 1. The van der Waals surface area contributed by atoms with Crippen molar-refractivity contribution in [3.05, 3.63) is 29.0 Å². The molecule has 2 rings (SSSR count). The van der Waals surface area contributed by atoms with Crippen LogP contribution in [-0.2, 0) is 16.1 Å². The summed E-state index contributed by atoms with van der Waals surface area (Å²) in [5.74, 6) is -0.171. The third-order valence-electron chi connectivity index (χ3n) is 3.09. The van der Waals surface area contributed by atoms with Gasteiger partial charge < -0.3 is 10.1 Å². The summed E-state index contributed by atoms with van der Waals surface area (Å²) in [6.45, 7) is 5.20. The largest absolute Gasteiger partial charge is 0.465 e. The van der Waals surface area contributed by atoms with Crippen LogP contribution in [0.1, 0.15) is 12.5 Å². The van der Waals surface area contributed by atoms with E-state index in [0.29, 0.717) is 24.8 Å². The predicted molar refractivity (Wildman–Crippen MR) is 72.9 cm³/mol. The number of nitrogens with one attached hydrogen (secondary N) is 1. The maximum Gasteiger partial charge on any atom is 0.324 e. The van der Waals surface area contributed by atoms with Gasteiger partial charge in [-0.05, 0) is 24.6 Å². The number of hydrogen-bond donors (Lipinski definition) is 1. The first kappa shape index (κ1) is 14.2. The molecule has 0 radical (unpaired) electrons. The molecule has 0 saturated carbocycles. The van der Waals surface area contributed by atoms with Crippen LogP contribution in [-0.4, -0.2) is 48.1 Å². The van der Waals surface area contributed by atoms with Gasteiger partial charge >= 0.3 is 5.97 Å². The molecule has 1 saturated heterocycles. The zero-order valence-electron chi connectivity index (χ0n) is 10.9. The number of carbonyl (C=O) groups is 1. The Bertz CT molecular complexity index is 442. The van der Waals surface area contributed by atoms with Crippen molar-refractivity contribution in [1.82, 2.24) is 15.2 Å². The molecule has 0 aliphatic carbocycles. The van der Waals surface area contributed by atoms with Gasteiger partial charge in [-0.25, -0.2) is 4.98 Å². The summed E-state index contributed by atoms with van der Waals surface area (Å²) in [7, 11) is 0. The van der Waals surface area contributed by atoms with Gasteiger partial charge in [-0.2, -0.15) is 0 Å². The molecule has 1 fully saturated rings. The van der Waals surface area contributed by atoms with Gasteiger partial charge in [0, 0.05) is 32.4 Å². The highest BCUT2D eigenvalue weighted by molar-refractivity contribution is 6.29. The molecule has 1 aliphatic rings. The van der Waals surface area contributed by atoms with E-state index in [0.717, 1.165) is 18.7 Å². The van der Waals surface area contributed by atoms with Crippen molar-refractivity contribution in [1.29, 1.82) is 0 Å². The first-order chi connectivity index (χ1) is 9.20. The molecule has 0 bridgehead atoms. The molecule has 1 aliphatic heterocycles. The van der Waals surface area contributed by atoms with Crippen LogP contribution in [0, 0.1) is 0 Å². The number of rotatable bonds is 4. The minimum Gasteiger partial charge on any atom is -0.465 e. The van der Waals surface area contributed by atoms with Gasteiger partial charge in [0.15, 0.2) is 0 Å². The molecular formula is C13H18ClN3O2. The monoisotopic (exact) mass is 283 g/mol. The fraction of sp³-hybridized carbons (Fsp3) is 0.538. The van der Waals surface area contributed by atoms with E-state index in [4.69, 9.17) is 16.3 Å². The Labute approximate surface area is 117 Å². The third kappa shape index (κ3) is 3.89. The molecule has 104 valence electrons. The Morgan fingerprint density at radius 1 is 1.68 bits per heavy atom. The molecule has 0 spiro atoms. The fourth-order valence-corrected chi connectivity index (χ4v) is 2.38. The van der Waals surface area contributed by atoms with Crippen molar-refractivity contribution >= 4 is 17.6 Å². The van der Waals surface area contributed by atoms with Crippen LogP contribution in [0.15, 0.2) is 18.3 Å². The average Bonchev–Trinajstić information content (AvgIpc) is 2.39. The van der Waals surface area contributed by atoms with Crippen molar-refractivity contribution in [2.45, 2.75) is 19.5 Å². The summed E-state index contributed by atoms with van der Waals surface area (Å²) in [5.41, 5.74) is 1.05. The SMILES string of the molecule is CCOC(=O)C1CNCCN1Cc1ccnc(Cl)c1. The highest BCUT2D eigenvalue weighted by Crippen LogP contribution is 2.14. The average molecular weight is 284 g/mol. The highest BCUT2D eigenvalue weighted by atomic mass is 35.5. The van der Waals surface area contributed by atoms with Crippen LogP contribution in [0.5, 0.6) is 0 Å². The van der Waals surface area contributed by atoms with Crippen LogP contribution in [0.4, 0.5) is 0 Å². The van der Waals surface area contributed by atoms with Crippen LogP contribution >= 0.6 is 11.6 Å². The molecule has 1 aromatic rings. The van der Waals surface area contributed by atoms with Crippen LogP contribution in [0.3, 0.4) is 0 Å². The maximum absolute atomic E-state index is 11.9. The molecule has 2 heterocycles. The summed E-state index contributed by atoms with van der Waals surface area (Å²) < 4.78 is 5.11.